The van der Waals surface area contributed by atoms with E-state index in [1.54, 1.807) is 12.1 Å². The fourth-order valence-electron chi connectivity index (χ4n) is 2.25. The van der Waals surface area contributed by atoms with Crippen LogP contribution in [0.25, 0.3) is 11.6 Å². The molecule has 0 spiro atoms. The molecule has 1 aromatic carbocycles. The first-order chi connectivity index (χ1) is 11.0. The molecule has 2 heterocycles. The zero-order chi connectivity index (χ0) is 16.4. The Morgan fingerprint density at radius 3 is 3.00 bits per heavy atom. The number of amides is 1. The van der Waals surface area contributed by atoms with Crippen molar-refractivity contribution in [2.45, 2.75) is 6.61 Å². The number of hydrogen-bond donors (Lipinski definition) is 2. The van der Waals surface area contributed by atoms with Crippen LogP contribution in [-0.2, 0) is 20.9 Å². The third kappa shape index (κ3) is 3.59. The minimum absolute atomic E-state index is 0.0330. The Bertz CT molecular complexity index is 812. The summed E-state index contributed by atoms with van der Waals surface area (Å²) in [6, 6.07) is 6.06. The van der Waals surface area contributed by atoms with Crippen molar-refractivity contribution >= 4 is 43.7 Å². The summed E-state index contributed by atoms with van der Waals surface area (Å²) in [6.45, 7) is -0.123. The Balaban J connectivity index is 1.80. The van der Waals surface area contributed by atoms with E-state index >= 15 is 0 Å². The summed E-state index contributed by atoms with van der Waals surface area (Å²) in [5.74, 6) is -1.66. The van der Waals surface area contributed by atoms with Crippen molar-refractivity contribution in [2.24, 2.45) is 0 Å². The molecule has 2 N–H and O–H groups in total. The van der Waals surface area contributed by atoms with Crippen LogP contribution in [0.15, 0.2) is 29.2 Å². The standard InChI is InChI=1S/C16H12FNO4Se/c17-10-1-2-14-12(4-10)13(16(21)18-14)5-11-3-9(8-23-11)6-22-7-15(19)20/h1-5,8H,6-7H2,(H,18,21)(H,19,20)/b13-5-. The molecule has 1 aliphatic rings. The molecule has 118 valence electrons. The average Bonchev–Trinajstić information content (AvgIpc) is 3.05. The van der Waals surface area contributed by atoms with Gasteiger partial charge in [0.1, 0.15) is 0 Å². The van der Waals surface area contributed by atoms with Gasteiger partial charge in [0, 0.05) is 0 Å². The number of anilines is 1. The molecule has 7 heteroatoms. The van der Waals surface area contributed by atoms with Crippen molar-refractivity contribution in [1.82, 2.24) is 0 Å². The van der Waals surface area contributed by atoms with Crippen LogP contribution in [-0.4, -0.2) is 38.1 Å². The van der Waals surface area contributed by atoms with Crippen LogP contribution >= 0.6 is 0 Å². The molecular formula is C16H12FNO4Se. The number of ether oxygens (including phenoxy) is 1. The van der Waals surface area contributed by atoms with Gasteiger partial charge in [0.05, 0.1) is 0 Å². The van der Waals surface area contributed by atoms with Gasteiger partial charge in [-0.2, -0.15) is 0 Å². The van der Waals surface area contributed by atoms with Crippen molar-refractivity contribution in [3.8, 4) is 0 Å². The molecule has 0 unspecified atom stereocenters. The number of carbonyl (C=O) groups excluding carboxylic acids is 1. The maximum absolute atomic E-state index is 13.4. The number of hydrogen-bond acceptors (Lipinski definition) is 3. The predicted molar refractivity (Wildman–Crippen MR) is 83.6 cm³/mol. The summed E-state index contributed by atoms with van der Waals surface area (Å²) in [5.41, 5.74) is 2.48. The van der Waals surface area contributed by atoms with Crippen LogP contribution < -0.4 is 5.32 Å². The van der Waals surface area contributed by atoms with E-state index in [9.17, 15) is 14.0 Å². The van der Waals surface area contributed by atoms with Gasteiger partial charge in [-0.1, -0.05) is 0 Å². The van der Waals surface area contributed by atoms with Gasteiger partial charge in [-0.25, -0.2) is 0 Å². The summed E-state index contributed by atoms with van der Waals surface area (Å²) in [7, 11) is 0. The fourth-order valence-corrected chi connectivity index (χ4v) is 3.99. The molecule has 0 radical (unpaired) electrons. The Kier molecular flexibility index (Phi) is 4.43. The monoisotopic (exact) mass is 381 g/mol. The second kappa shape index (κ2) is 6.50. The number of fused-ring (bicyclic) bond motifs is 1. The van der Waals surface area contributed by atoms with Crippen LogP contribution in [0.1, 0.15) is 15.6 Å². The van der Waals surface area contributed by atoms with E-state index in [2.05, 4.69) is 5.32 Å². The van der Waals surface area contributed by atoms with Crippen LogP contribution in [0.2, 0.25) is 0 Å². The van der Waals surface area contributed by atoms with Gasteiger partial charge in [0.15, 0.2) is 0 Å². The summed E-state index contributed by atoms with van der Waals surface area (Å²) < 4.78 is 19.4. The van der Waals surface area contributed by atoms with Crippen molar-refractivity contribution in [3.63, 3.8) is 0 Å². The number of rotatable bonds is 5. The van der Waals surface area contributed by atoms with Crippen LogP contribution in [0.5, 0.6) is 0 Å². The van der Waals surface area contributed by atoms with Crippen LogP contribution in [0.4, 0.5) is 10.1 Å². The molecule has 0 atom stereocenters. The average molecular weight is 380 g/mol. The van der Waals surface area contributed by atoms with E-state index in [4.69, 9.17) is 9.84 Å². The normalized spacial score (nSPS) is 14.8. The first-order valence-electron chi connectivity index (χ1n) is 6.73. The van der Waals surface area contributed by atoms with E-state index in [0.29, 0.717) is 16.8 Å². The number of carbonyl (C=O) groups is 2. The van der Waals surface area contributed by atoms with Gasteiger partial charge in [0.2, 0.25) is 0 Å². The SMILES string of the molecule is O=C(O)COCc1c[se]c(/C=C2\C(=O)Nc3ccc(F)cc32)c1. The molecule has 0 saturated carbocycles. The first-order valence-corrected chi connectivity index (χ1v) is 8.57. The van der Waals surface area contributed by atoms with Crippen molar-refractivity contribution in [1.29, 1.82) is 0 Å². The second-order valence-electron chi connectivity index (χ2n) is 4.95. The molecule has 3 rings (SSSR count). The molecule has 0 bridgehead atoms. The maximum atomic E-state index is 13.4. The number of halogens is 1. The topological polar surface area (TPSA) is 75.6 Å². The van der Waals surface area contributed by atoms with Gasteiger partial charge in [-0.3, -0.25) is 0 Å². The van der Waals surface area contributed by atoms with Crippen LogP contribution in [0.3, 0.4) is 0 Å². The number of carboxylic acids is 1. The summed E-state index contributed by atoms with van der Waals surface area (Å²) in [5, 5.41) is 11.2. The second-order valence-corrected chi connectivity index (χ2v) is 6.92. The van der Waals surface area contributed by atoms with E-state index < -0.39 is 11.8 Å². The van der Waals surface area contributed by atoms with E-state index in [0.717, 1.165) is 10.0 Å². The molecule has 0 aliphatic carbocycles. The van der Waals surface area contributed by atoms with E-state index in [1.165, 1.54) is 12.1 Å². The van der Waals surface area contributed by atoms with Crippen molar-refractivity contribution in [2.75, 3.05) is 11.9 Å². The van der Waals surface area contributed by atoms with E-state index in [-0.39, 0.29) is 33.6 Å². The minimum atomic E-state index is -1.01. The number of carboxylic acid groups (broad SMARTS) is 1. The number of benzene rings is 1. The van der Waals surface area contributed by atoms with Crippen LogP contribution in [0, 0.1) is 5.82 Å². The molecule has 1 amide bonds. The number of nitrogens with one attached hydrogen (secondary N) is 1. The Hall–Kier alpha value is -2.21. The molecule has 2 aromatic rings. The molecule has 23 heavy (non-hydrogen) atoms. The van der Waals surface area contributed by atoms with Crippen molar-refractivity contribution < 1.29 is 23.8 Å². The molecule has 0 saturated heterocycles. The zero-order valence-electron chi connectivity index (χ0n) is 11.8. The van der Waals surface area contributed by atoms with Gasteiger partial charge in [0.25, 0.3) is 0 Å². The van der Waals surface area contributed by atoms with Gasteiger partial charge < -0.3 is 0 Å². The molecule has 5 nitrogen and oxygen atoms in total. The third-order valence-corrected chi connectivity index (χ3v) is 5.17. The molecular weight excluding hydrogens is 368 g/mol. The summed E-state index contributed by atoms with van der Waals surface area (Å²) in [4.78, 5) is 24.4. The Morgan fingerprint density at radius 1 is 1.39 bits per heavy atom. The Morgan fingerprint density at radius 2 is 2.22 bits per heavy atom. The zero-order valence-corrected chi connectivity index (χ0v) is 13.5. The molecule has 1 aliphatic heterocycles. The quantitative estimate of drug-likeness (QED) is 0.615. The number of aliphatic carboxylic acids is 1. The predicted octanol–water partition coefficient (Wildman–Crippen LogP) is 1.98. The van der Waals surface area contributed by atoms with Gasteiger partial charge in [-0.15, -0.1) is 0 Å². The first kappa shape index (κ1) is 15.7. The van der Waals surface area contributed by atoms with E-state index in [1.807, 2.05) is 11.0 Å². The molecule has 0 fully saturated rings. The van der Waals surface area contributed by atoms with Crippen molar-refractivity contribution in [3.05, 3.63) is 50.6 Å². The fraction of sp³-hybridized carbons (Fsp3) is 0.125. The Labute approximate surface area is 137 Å². The summed E-state index contributed by atoms with van der Waals surface area (Å²) >= 11 is 0.0330. The summed E-state index contributed by atoms with van der Waals surface area (Å²) in [6.07, 6.45) is 1.75. The molecule has 1 aromatic heterocycles. The van der Waals surface area contributed by atoms with Gasteiger partial charge in [-0.05, 0) is 0 Å². The van der Waals surface area contributed by atoms with Gasteiger partial charge >= 0.3 is 137 Å². The third-order valence-electron chi connectivity index (χ3n) is 3.22.